The van der Waals surface area contributed by atoms with Gasteiger partial charge in [-0.05, 0) is 37.3 Å². The second-order valence-corrected chi connectivity index (χ2v) is 6.26. The topological polar surface area (TPSA) is 95.6 Å². The number of amides is 1. The van der Waals surface area contributed by atoms with Gasteiger partial charge >= 0.3 is 11.7 Å². The van der Waals surface area contributed by atoms with Crippen molar-refractivity contribution in [1.82, 2.24) is 5.32 Å². The summed E-state index contributed by atoms with van der Waals surface area (Å²) in [6.45, 7) is 1.50. The lowest BCUT2D eigenvalue weighted by molar-refractivity contribution is -0.380. The summed E-state index contributed by atoms with van der Waals surface area (Å²) in [7, 11) is 0. The number of nitrogens with two attached hydrogens (primary N) is 1. The molecule has 0 aromatic carbocycles. The van der Waals surface area contributed by atoms with E-state index in [-0.39, 0.29) is 38.5 Å². The van der Waals surface area contributed by atoms with Crippen LogP contribution in [0.5, 0.6) is 0 Å². The van der Waals surface area contributed by atoms with Gasteiger partial charge < -0.3 is 15.8 Å². The summed E-state index contributed by atoms with van der Waals surface area (Å²) in [5.41, 5.74) is 5.44. The van der Waals surface area contributed by atoms with Crippen LogP contribution in [0, 0.1) is 5.92 Å². The SMILES string of the molecule is C[C@@H](NC(=O)COC(=O)c1[nH+]c(Cl)c(Cl)c(N)c1Cl)C1CC1. The number of H-pyrrole nitrogens is 1. The van der Waals surface area contributed by atoms with Crippen molar-refractivity contribution in [1.29, 1.82) is 0 Å². The number of carbonyl (C=O) groups excluding carboxylic acids is 2. The fourth-order valence-electron chi connectivity index (χ4n) is 1.92. The van der Waals surface area contributed by atoms with Crippen molar-refractivity contribution < 1.29 is 19.3 Å². The van der Waals surface area contributed by atoms with E-state index in [0.29, 0.717) is 5.92 Å². The van der Waals surface area contributed by atoms with Crippen molar-refractivity contribution >= 4 is 52.4 Å². The van der Waals surface area contributed by atoms with Crippen LogP contribution in [0.25, 0.3) is 0 Å². The number of carbonyl (C=O) groups is 2. The lowest BCUT2D eigenvalue weighted by Crippen LogP contribution is -2.37. The second kappa shape index (κ2) is 6.89. The molecule has 0 unspecified atom stereocenters. The van der Waals surface area contributed by atoms with Gasteiger partial charge in [0.15, 0.2) is 6.61 Å². The minimum Gasteiger partial charge on any atom is -0.448 e. The fourth-order valence-corrected chi connectivity index (χ4v) is 2.53. The largest absolute Gasteiger partial charge is 0.448 e. The van der Waals surface area contributed by atoms with Crippen LogP contribution in [0.1, 0.15) is 30.3 Å². The standard InChI is InChI=1S/C13H14Cl3N3O3/c1-5(6-2-3-6)18-7(20)4-22-13(21)11-8(14)10(17)9(15)12(16)19-11/h5-6H,2-4H2,1H3,(H2,17,19)(H,18,20)/p+1/t5-/m1/s1. The average molecular weight is 368 g/mol. The van der Waals surface area contributed by atoms with Gasteiger partial charge in [0.05, 0.1) is 5.69 Å². The minimum atomic E-state index is -0.843. The van der Waals surface area contributed by atoms with Gasteiger partial charge in [-0.15, -0.1) is 0 Å². The molecule has 9 heteroatoms. The highest BCUT2D eigenvalue weighted by Crippen LogP contribution is 2.33. The summed E-state index contributed by atoms with van der Waals surface area (Å²) in [5, 5.41) is 2.63. The lowest BCUT2D eigenvalue weighted by atomic mass is 10.2. The van der Waals surface area contributed by atoms with E-state index in [2.05, 4.69) is 10.3 Å². The Morgan fingerprint density at radius 2 is 2.00 bits per heavy atom. The van der Waals surface area contributed by atoms with Gasteiger partial charge in [-0.1, -0.05) is 23.2 Å². The Hall–Kier alpha value is -1.24. The van der Waals surface area contributed by atoms with Crippen molar-refractivity contribution in [3.05, 3.63) is 20.9 Å². The monoisotopic (exact) mass is 366 g/mol. The molecule has 1 atom stereocenters. The van der Waals surface area contributed by atoms with Crippen LogP contribution in [0.2, 0.25) is 15.2 Å². The average Bonchev–Trinajstić information content (AvgIpc) is 3.31. The van der Waals surface area contributed by atoms with E-state index in [4.69, 9.17) is 45.3 Å². The number of ether oxygens (including phenoxy) is 1. The number of nitrogens with one attached hydrogen (secondary N) is 2. The number of hydrogen-bond acceptors (Lipinski definition) is 4. The Morgan fingerprint density at radius 3 is 2.59 bits per heavy atom. The molecule has 1 amide bonds. The van der Waals surface area contributed by atoms with Crippen LogP contribution < -0.4 is 16.0 Å². The third-order valence-electron chi connectivity index (χ3n) is 3.38. The quantitative estimate of drug-likeness (QED) is 0.615. The van der Waals surface area contributed by atoms with E-state index in [0.717, 1.165) is 12.8 Å². The van der Waals surface area contributed by atoms with Gasteiger partial charge in [0.2, 0.25) is 0 Å². The molecule has 0 radical (unpaired) electrons. The predicted octanol–water partition coefficient (Wildman–Crippen LogP) is 2.11. The Balaban J connectivity index is 1.96. The number of nitrogen functional groups attached to an aromatic ring is 1. The summed E-state index contributed by atoms with van der Waals surface area (Å²) >= 11 is 17.5. The summed E-state index contributed by atoms with van der Waals surface area (Å²) in [4.78, 5) is 26.1. The molecule has 0 saturated heterocycles. The number of aromatic amines is 1. The maximum Gasteiger partial charge on any atom is 0.405 e. The zero-order valence-corrected chi connectivity index (χ0v) is 14.0. The molecule has 22 heavy (non-hydrogen) atoms. The van der Waals surface area contributed by atoms with Gasteiger partial charge in [-0.3, -0.25) is 4.79 Å². The maximum absolute atomic E-state index is 11.9. The fraction of sp³-hybridized carbons (Fsp3) is 0.462. The molecule has 1 aliphatic rings. The van der Waals surface area contributed by atoms with Crippen molar-refractivity contribution in [3.63, 3.8) is 0 Å². The molecule has 0 aliphatic heterocycles. The van der Waals surface area contributed by atoms with E-state index >= 15 is 0 Å². The van der Waals surface area contributed by atoms with Gasteiger partial charge in [0.1, 0.15) is 10.0 Å². The lowest BCUT2D eigenvalue weighted by Gasteiger charge is -2.12. The van der Waals surface area contributed by atoms with E-state index in [1.54, 1.807) is 0 Å². The molecule has 1 aromatic rings. The minimum absolute atomic E-state index is 0.0132. The number of halogens is 3. The summed E-state index contributed by atoms with van der Waals surface area (Å²) in [6, 6.07) is 0.0713. The molecule has 1 aromatic heterocycles. The number of pyridine rings is 1. The highest BCUT2D eigenvalue weighted by molar-refractivity contribution is 6.45. The van der Waals surface area contributed by atoms with Crippen molar-refractivity contribution in [2.24, 2.45) is 5.92 Å². The maximum atomic E-state index is 11.9. The molecular formula is C13H15Cl3N3O3+. The molecule has 120 valence electrons. The van der Waals surface area contributed by atoms with Gasteiger partial charge in [0.25, 0.3) is 11.1 Å². The van der Waals surface area contributed by atoms with Gasteiger partial charge in [-0.2, -0.15) is 4.98 Å². The van der Waals surface area contributed by atoms with Gasteiger partial charge in [-0.25, -0.2) is 4.79 Å². The Bertz CT molecular complexity index is 620. The van der Waals surface area contributed by atoms with Crippen LogP contribution in [0.4, 0.5) is 5.69 Å². The molecule has 6 nitrogen and oxygen atoms in total. The first-order valence-corrected chi connectivity index (χ1v) is 7.76. The molecule has 1 aliphatic carbocycles. The van der Waals surface area contributed by atoms with E-state index in [9.17, 15) is 9.59 Å². The first-order valence-electron chi connectivity index (χ1n) is 6.63. The van der Waals surface area contributed by atoms with Gasteiger partial charge in [0, 0.05) is 6.04 Å². The van der Waals surface area contributed by atoms with Crippen molar-refractivity contribution in [2.75, 3.05) is 12.3 Å². The molecule has 1 heterocycles. The Morgan fingerprint density at radius 1 is 1.36 bits per heavy atom. The number of hydrogen-bond donors (Lipinski definition) is 2. The number of esters is 1. The summed E-state index contributed by atoms with van der Waals surface area (Å²) in [5.74, 6) is -0.710. The molecular weight excluding hydrogens is 353 g/mol. The van der Waals surface area contributed by atoms with Crippen molar-refractivity contribution in [2.45, 2.75) is 25.8 Å². The first-order chi connectivity index (χ1) is 10.3. The van der Waals surface area contributed by atoms with E-state index in [1.165, 1.54) is 0 Å². The first kappa shape index (κ1) is 17.1. The molecule has 2 rings (SSSR count). The second-order valence-electron chi connectivity index (χ2n) is 5.13. The Kier molecular flexibility index (Phi) is 5.36. The molecule has 1 fully saturated rings. The molecule has 0 bridgehead atoms. The summed E-state index contributed by atoms with van der Waals surface area (Å²) < 4.78 is 4.90. The van der Waals surface area contributed by atoms with Crippen molar-refractivity contribution in [3.8, 4) is 0 Å². The zero-order chi connectivity index (χ0) is 16.4. The summed E-state index contributed by atoms with van der Waals surface area (Å²) in [6.07, 6.45) is 2.21. The zero-order valence-electron chi connectivity index (χ0n) is 11.7. The third kappa shape index (κ3) is 3.94. The van der Waals surface area contributed by atoms with E-state index in [1.807, 2.05) is 6.92 Å². The molecule has 1 saturated carbocycles. The number of aromatic nitrogens is 1. The highest BCUT2D eigenvalue weighted by atomic mass is 35.5. The number of rotatable bonds is 5. The normalized spacial score (nSPS) is 15.3. The molecule has 0 spiro atoms. The van der Waals surface area contributed by atoms with Crippen LogP contribution in [-0.4, -0.2) is 24.5 Å². The Labute approximate surface area is 142 Å². The highest BCUT2D eigenvalue weighted by Gasteiger charge is 2.30. The predicted molar refractivity (Wildman–Crippen MR) is 83.1 cm³/mol. The van der Waals surface area contributed by atoms with Crippen LogP contribution >= 0.6 is 34.8 Å². The smallest absolute Gasteiger partial charge is 0.405 e. The molecule has 4 N–H and O–H groups in total. The van der Waals surface area contributed by atoms with Crippen LogP contribution in [0.15, 0.2) is 0 Å². The van der Waals surface area contributed by atoms with E-state index < -0.39 is 12.6 Å². The van der Waals surface area contributed by atoms with Crippen LogP contribution in [0.3, 0.4) is 0 Å². The third-order valence-corrected chi connectivity index (χ3v) is 4.54. The van der Waals surface area contributed by atoms with Crippen LogP contribution in [-0.2, 0) is 9.53 Å². The number of anilines is 1.